The van der Waals surface area contributed by atoms with Gasteiger partial charge in [0.15, 0.2) is 9.84 Å². The summed E-state index contributed by atoms with van der Waals surface area (Å²) in [7, 11) is -3.54. The van der Waals surface area contributed by atoms with Gasteiger partial charge in [0.2, 0.25) is 0 Å². The Morgan fingerprint density at radius 2 is 2.08 bits per heavy atom. The van der Waals surface area contributed by atoms with Gasteiger partial charge in [-0.15, -0.1) is 5.10 Å². The molecule has 24 heavy (non-hydrogen) atoms. The first-order chi connectivity index (χ1) is 11.4. The fourth-order valence-corrected chi connectivity index (χ4v) is 5.23. The van der Waals surface area contributed by atoms with Crippen LogP contribution in [0.3, 0.4) is 0 Å². The van der Waals surface area contributed by atoms with E-state index in [-0.39, 0.29) is 36.7 Å². The molecule has 1 aliphatic rings. The molecule has 0 radical (unpaired) electrons. The second-order valence-electron chi connectivity index (χ2n) is 5.65. The topological polar surface area (TPSA) is 80.2 Å². The highest BCUT2D eigenvalue weighted by molar-refractivity contribution is 7.91. The van der Waals surface area contributed by atoms with Crippen LogP contribution in [0.1, 0.15) is 32.6 Å². The third-order valence-corrected chi connectivity index (χ3v) is 7.05. The van der Waals surface area contributed by atoms with Crippen molar-refractivity contribution >= 4 is 27.3 Å². The van der Waals surface area contributed by atoms with E-state index in [1.165, 1.54) is 23.1 Å². The van der Waals surface area contributed by atoms with Crippen molar-refractivity contribution in [3.05, 3.63) is 46.2 Å². The monoisotopic (exact) mass is 369 g/mol. The summed E-state index contributed by atoms with van der Waals surface area (Å²) in [4.78, 5) is 14.4. The lowest BCUT2D eigenvalue weighted by Gasteiger charge is -2.19. The van der Waals surface area contributed by atoms with Crippen LogP contribution in [-0.2, 0) is 9.84 Å². The van der Waals surface area contributed by atoms with Crippen LogP contribution in [0.25, 0.3) is 0 Å². The summed E-state index contributed by atoms with van der Waals surface area (Å²) in [5.74, 6) is -0.997. The van der Waals surface area contributed by atoms with E-state index >= 15 is 0 Å². The Kier molecular flexibility index (Phi) is 4.64. The van der Waals surface area contributed by atoms with Gasteiger partial charge in [-0.25, -0.2) is 12.8 Å². The highest BCUT2D eigenvalue weighted by Gasteiger charge is 2.34. The first-order valence-electron chi connectivity index (χ1n) is 7.44. The Bertz CT molecular complexity index is 866. The van der Waals surface area contributed by atoms with Gasteiger partial charge in [0.1, 0.15) is 10.7 Å². The summed E-state index contributed by atoms with van der Waals surface area (Å²) < 4.78 is 42.9. The molecule has 1 aliphatic heterocycles. The SMILES string of the molecule is Cc1nnsc1C(=O)N1CCC(c2ccccc2F)S(=O)(=O)CC1. The maximum Gasteiger partial charge on any atom is 0.267 e. The van der Waals surface area contributed by atoms with Gasteiger partial charge in [-0.05, 0) is 30.9 Å². The van der Waals surface area contributed by atoms with Crippen LogP contribution >= 0.6 is 11.5 Å². The van der Waals surface area contributed by atoms with Gasteiger partial charge < -0.3 is 4.90 Å². The molecule has 1 aromatic carbocycles. The molecule has 1 unspecified atom stereocenters. The van der Waals surface area contributed by atoms with Crippen molar-refractivity contribution in [2.75, 3.05) is 18.8 Å². The number of nitrogens with zero attached hydrogens (tertiary/aromatic N) is 3. The molecule has 128 valence electrons. The van der Waals surface area contributed by atoms with Crippen molar-refractivity contribution in [3.8, 4) is 0 Å². The third kappa shape index (κ3) is 3.18. The number of hydrogen-bond donors (Lipinski definition) is 0. The van der Waals surface area contributed by atoms with Gasteiger partial charge in [0.05, 0.1) is 16.7 Å². The van der Waals surface area contributed by atoms with Crippen LogP contribution in [0.15, 0.2) is 24.3 Å². The standard InChI is InChI=1S/C15H16FN3O3S2/c1-10-14(23-18-17-10)15(20)19-7-6-13(24(21,22)9-8-19)11-4-2-3-5-12(11)16/h2-5,13H,6-9H2,1H3. The average molecular weight is 369 g/mol. The molecular weight excluding hydrogens is 353 g/mol. The molecule has 1 atom stereocenters. The molecule has 9 heteroatoms. The number of carbonyl (C=O) groups excluding carboxylic acids is 1. The molecule has 1 amide bonds. The van der Waals surface area contributed by atoms with E-state index in [0.29, 0.717) is 10.6 Å². The number of halogens is 1. The van der Waals surface area contributed by atoms with Crippen molar-refractivity contribution < 1.29 is 17.6 Å². The number of amides is 1. The molecule has 1 aromatic heterocycles. The molecule has 0 aliphatic carbocycles. The van der Waals surface area contributed by atoms with Crippen LogP contribution in [0.4, 0.5) is 4.39 Å². The molecular formula is C15H16FN3O3S2. The molecule has 6 nitrogen and oxygen atoms in total. The van der Waals surface area contributed by atoms with Crippen molar-refractivity contribution in [2.24, 2.45) is 0 Å². The highest BCUT2D eigenvalue weighted by atomic mass is 32.2. The minimum atomic E-state index is -3.54. The van der Waals surface area contributed by atoms with Crippen molar-refractivity contribution in [2.45, 2.75) is 18.6 Å². The molecule has 0 spiro atoms. The zero-order chi connectivity index (χ0) is 17.3. The van der Waals surface area contributed by atoms with E-state index in [1.54, 1.807) is 13.0 Å². The first-order valence-corrected chi connectivity index (χ1v) is 9.93. The molecule has 1 saturated heterocycles. The summed E-state index contributed by atoms with van der Waals surface area (Å²) >= 11 is 0.996. The minimum Gasteiger partial charge on any atom is -0.337 e. The first kappa shape index (κ1) is 17.0. The largest absolute Gasteiger partial charge is 0.337 e. The Balaban J connectivity index is 1.86. The normalized spacial score (nSPS) is 20.6. The van der Waals surface area contributed by atoms with E-state index in [9.17, 15) is 17.6 Å². The van der Waals surface area contributed by atoms with Crippen LogP contribution < -0.4 is 0 Å². The summed E-state index contributed by atoms with van der Waals surface area (Å²) in [6, 6.07) is 5.89. The second-order valence-corrected chi connectivity index (χ2v) is 8.70. The van der Waals surface area contributed by atoms with Gasteiger partial charge in [0.25, 0.3) is 5.91 Å². The molecule has 2 aromatic rings. The molecule has 0 saturated carbocycles. The van der Waals surface area contributed by atoms with Crippen LogP contribution in [-0.4, -0.2) is 47.7 Å². The number of aromatic nitrogens is 2. The summed E-state index contributed by atoms with van der Waals surface area (Å²) in [5, 5.41) is 2.88. The second kappa shape index (κ2) is 6.56. The van der Waals surface area contributed by atoms with Crippen molar-refractivity contribution in [1.82, 2.24) is 14.5 Å². The Morgan fingerprint density at radius 3 is 2.75 bits per heavy atom. The van der Waals surface area contributed by atoms with Gasteiger partial charge in [0, 0.05) is 18.7 Å². The lowest BCUT2D eigenvalue weighted by atomic mass is 10.1. The van der Waals surface area contributed by atoms with Crippen molar-refractivity contribution in [3.63, 3.8) is 0 Å². The number of hydrogen-bond acceptors (Lipinski definition) is 6. The fraction of sp³-hybridized carbons (Fsp3) is 0.400. The lowest BCUT2D eigenvalue weighted by Crippen LogP contribution is -2.33. The average Bonchev–Trinajstić information content (AvgIpc) is 2.90. The molecule has 0 N–H and O–H groups in total. The predicted octanol–water partition coefficient (Wildman–Crippen LogP) is 1.99. The molecule has 0 bridgehead atoms. The third-order valence-electron chi connectivity index (χ3n) is 4.13. The Hall–Kier alpha value is -1.87. The van der Waals surface area contributed by atoms with Gasteiger partial charge >= 0.3 is 0 Å². The van der Waals surface area contributed by atoms with Crippen molar-refractivity contribution in [1.29, 1.82) is 0 Å². The van der Waals surface area contributed by atoms with Gasteiger partial charge in [-0.2, -0.15) is 0 Å². The van der Waals surface area contributed by atoms with E-state index in [1.807, 2.05) is 0 Å². The number of rotatable bonds is 2. The van der Waals surface area contributed by atoms with Crippen LogP contribution in [0, 0.1) is 12.7 Å². The predicted molar refractivity (Wildman–Crippen MR) is 88.1 cm³/mol. The molecule has 1 fully saturated rings. The Labute approximate surface area is 143 Å². The minimum absolute atomic E-state index is 0.0868. The number of aryl methyl sites for hydroxylation is 1. The van der Waals surface area contributed by atoms with E-state index in [0.717, 1.165) is 11.5 Å². The summed E-state index contributed by atoms with van der Waals surface area (Å²) in [6.07, 6.45) is 0.167. The van der Waals surface area contributed by atoms with E-state index in [4.69, 9.17) is 0 Å². The zero-order valence-corrected chi connectivity index (χ0v) is 14.6. The molecule has 2 heterocycles. The van der Waals surface area contributed by atoms with E-state index in [2.05, 4.69) is 9.59 Å². The highest BCUT2D eigenvalue weighted by Crippen LogP contribution is 2.31. The molecule has 3 rings (SSSR count). The maximum atomic E-state index is 14.0. The zero-order valence-electron chi connectivity index (χ0n) is 13.0. The lowest BCUT2D eigenvalue weighted by molar-refractivity contribution is 0.0770. The number of benzene rings is 1. The summed E-state index contributed by atoms with van der Waals surface area (Å²) in [6.45, 7) is 2.02. The quantitative estimate of drug-likeness (QED) is 0.809. The van der Waals surface area contributed by atoms with Gasteiger partial charge in [-0.1, -0.05) is 22.7 Å². The van der Waals surface area contributed by atoms with Crippen LogP contribution in [0.5, 0.6) is 0 Å². The smallest absolute Gasteiger partial charge is 0.267 e. The fourth-order valence-electron chi connectivity index (χ4n) is 2.80. The maximum absolute atomic E-state index is 14.0. The van der Waals surface area contributed by atoms with Crippen LogP contribution in [0.2, 0.25) is 0 Å². The van der Waals surface area contributed by atoms with Gasteiger partial charge in [-0.3, -0.25) is 4.79 Å². The summed E-state index contributed by atoms with van der Waals surface area (Å²) in [5.41, 5.74) is 0.699. The number of carbonyl (C=O) groups is 1. The van der Waals surface area contributed by atoms with E-state index < -0.39 is 20.9 Å². The Morgan fingerprint density at radius 1 is 1.33 bits per heavy atom. The number of sulfone groups is 1.